The van der Waals surface area contributed by atoms with Gasteiger partial charge >= 0.3 is 0 Å². The molecule has 0 bridgehead atoms. The van der Waals surface area contributed by atoms with Gasteiger partial charge in [-0.05, 0) is 48.7 Å². The van der Waals surface area contributed by atoms with Crippen LogP contribution < -0.4 is 5.32 Å². The smallest absolute Gasteiger partial charge is 0.230 e. The molecule has 6 heteroatoms. The van der Waals surface area contributed by atoms with Gasteiger partial charge in [-0.15, -0.1) is 11.3 Å². The minimum Gasteiger partial charge on any atom is -0.302 e. The van der Waals surface area contributed by atoms with Gasteiger partial charge in [-0.1, -0.05) is 41.4 Å². The maximum atomic E-state index is 12.2. The molecule has 1 aromatic heterocycles. The number of hydrogen-bond acceptors (Lipinski definition) is 3. The van der Waals surface area contributed by atoms with Crippen LogP contribution in [0.5, 0.6) is 0 Å². The molecule has 0 aliphatic heterocycles. The summed E-state index contributed by atoms with van der Waals surface area (Å²) >= 11 is 13.4. The maximum Gasteiger partial charge on any atom is 0.230 e. The topological polar surface area (TPSA) is 42.0 Å². The van der Waals surface area contributed by atoms with Crippen LogP contribution in [0.2, 0.25) is 10.0 Å². The van der Waals surface area contributed by atoms with E-state index in [1.807, 2.05) is 11.4 Å². The van der Waals surface area contributed by atoms with E-state index < -0.39 is 0 Å². The molecule has 0 fully saturated rings. The van der Waals surface area contributed by atoms with Gasteiger partial charge in [0.1, 0.15) is 0 Å². The first-order valence-electron chi connectivity index (χ1n) is 7.69. The number of carbonyl (C=O) groups is 1. The van der Waals surface area contributed by atoms with Gasteiger partial charge < -0.3 is 5.32 Å². The monoisotopic (exact) mass is 390 g/mol. The van der Waals surface area contributed by atoms with E-state index in [4.69, 9.17) is 23.2 Å². The molecule has 25 heavy (non-hydrogen) atoms. The minimum absolute atomic E-state index is 0.162. The fourth-order valence-corrected chi connectivity index (χ4v) is 3.58. The van der Waals surface area contributed by atoms with Crippen LogP contribution in [0.25, 0.3) is 11.3 Å². The van der Waals surface area contributed by atoms with E-state index in [-0.39, 0.29) is 12.3 Å². The average Bonchev–Trinajstić information content (AvgIpc) is 3.01. The van der Waals surface area contributed by atoms with Crippen LogP contribution in [-0.4, -0.2) is 10.9 Å². The van der Waals surface area contributed by atoms with Gasteiger partial charge in [0.25, 0.3) is 0 Å². The highest BCUT2D eigenvalue weighted by Crippen LogP contribution is 2.27. The molecule has 3 aromatic rings. The van der Waals surface area contributed by atoms with Gasteiger partial charge in [-0.3, -0.25) is 4.79 Å². The van der Waals surface area contributed by atoms with Crippen molar-refractivity contribution >= 4 is 45.6 Å². The number of halogens is 2. The van der Waals surface area contributed by atoms with Crippen LogP contribution in [0.1, 0.15) is 16.7 Å². The summed E-state index contributed by atoms with van der Waals surface area (Å²) in [6.45, 7) is 4.15. The summed E-state index contributed by atoms with van der Waals surface area (Å²) in [5.41, 5.74) is 5.09. The standard InChI is InChI=1S/C19H16Cl2N2OS/c1-11-3-4-14(7-12(11)2)17-10-25-19(22-17)23-18(24)8-13-5-6-15(20)9-16(13)21/h3-7,9-10H,8H2,1-2H3,(H,22,23,24). The molecule has 2 aromatic carbocycles. The lowest BCUT2D eigenvalue weighted by molar-refractivity contribution is -0.115. The Morgan fingerprint density at radius 1 is 1.12 bits per heavy atom. The van der Waals surface area contributed by atoms with E-state index in [1.54, 1.807) is 18.2 Å². The number of benzene rings is 2. The zero-order valence-electron chi connectivity index (χ0n) is 13.8. The number of amides is 1. The number of nitrogens with zero attached hydrogens (tertiary/aromatic N) is 1. The molecular weight excluding hydrogens is 375 g/mol. The van der Waals surface area contributed by atoms with Crippen molar-refractivity contribution in [1.29, 1.82) is 0 Å². The largest absolute Gasteiger partial charge is 0.302 e. The molecule has 1 amide bonds. The quantitative estimate of drug-likeness (QED) is 0.600. The lowest BCUT2D eigenvalue weighted by atomic mass is 10.1. The Balaban J connectivity index is 1.70. The van der Waals surface area contributed by atoms with Crippen molar-refractivity contribution in [2.24, 2.45) is 0 Å². The first kappa shape index (κ1) is 17.9. The highest BCUT2D eigenvalue weighted by Gasteiger charge is 2.11. The Morgan fingerprint density at radius 3 is 2.64 bits per heavy atom. The normalized spacial score (nSPS) is 10.7. The van der Waals surface area contributed by atoms with E-state index in [0.29, 0.717) is 15.2 Å². The molecule has 0 saturated carbocycles. The van der Waals surface area contributed by atoms with Crippen molar-refractivity contribution in [3.8, 4) is 11.3 Å². The van der Waals surface area contributed by atoms with Crippen LogP contribution in [0.15, 0.2) is 41.8 Å². The molecular formula is C19H16Cl2N2OS. The third-order valence-electron chi connectivity index (χ3n) is 3.92. The summed E-state index contributed by atoms with van der Waals surface area (Å²) in [7, 11) is 0. The van der Waals surface area contributed by atoms with Crippen molar-refractivity contribution in [3.05, 3.63) is 68.5 Å². The second-order valence-electron chi connectivity index (χ2n) is 5.80. The molecule has 0 radical (unpaired) electrons. The van der Waals surface area contributed by atoms with Crippen LogP contribution in [-0.2, 0) is 11.2 Å². The summed E-state index contributed by atoms with van der Waals surface area (Å²) in [4.78, 5) is 16.7. The Bertz CT molecular complexity index is 937. The first-order valence-corrected chi connectivity index (χ1v) is 9.33. The van der Waals surface area contributed by atoms with Crippen molar-refractivity contribution < 1.29 is 4.79 Å². The van der Waals surface area contributed by atoms with Gasteiger partial charge in [0.15, 0.2) is 5.13 Å². The number of carbonyl (C=O) groups excluding carboxylic acids is 1. The Kier molecular flexibility index (Phi) is 5.42. The van der Waals surface area contributed by atoms with Crippen LogP contribution >= 0.6 is 34.5 Å². The fraction of sp³-hybridized carbons (Fsp3) is 0.158. The summed E-state index contributed by atoms with van der Waals surface area (Å²) in [5, 5.41) is 6.37. The highest BCUT2D eigenvalue weighted by molar-refractivity contribution is 7.14. The predicted octanol–water partition coefficient (Wildman–Crippen LogP) is 5.91. The predicted molar refractivity (Wildman–Crippen MR) is 106 cm³/mol. The number of thiazole rings is 1. The Hall–Kier alpha value is -1.88. The molecule has 128 valence electrons. The summed E-state index contributed by atoms with van der Waals surface area (Å²) in [5.74, 6) is -0.162. The number of aryl methyl sites for hydroxylation is 2. The third-order valence-corrected chi connectivity index (χ3v) is 5.26. The molecule has 3 rings (SSSR count). The van der Waals surface area contributed by atoms with E-state index in [2.05, 4.69) is 36.3 Å². The van der Waals surface area contributed by atoms with Gasteiger partial charge in [-0.2, -0.15) is 0 Å². The maximum absolute atomic E-state index is 12.2. The van der Waals surface area contributed by atoms with Gasteiger partial charge in [-0.25, -0.2) is 4.98 Å². The van der Waals surface area contributed by atoms with Crippen molar-refractivity contribution in [1.82, 2.24) is 4.98 Å². The summed E-state index contributed by atoms with van der Waals surface area (Å²) < 4.78 is 0. The number of hydrogen-bond donors (Lipinski definition) is 1. The van der Waals surface area contributed by atoms with Gasteiger partial charge in [0, 0.05) is 21.0 Å². The van der Waals surface area contributed by atoms with Crippen LogP contribution in [0, 0.1) is 13.8 Å². The van der Waals surface area contributed by atoms with E-state index in [9.17, 15) is 4.79 Å². The van der Waals surface area contributed by atoms with Crippen LogP contribution in [0.3, 0.4) is 0 Å². The highest BCUT2D eigenvalue weighted by atomic mass is 35.5. The molecule has 0 atom stereocenters. The number of aromatic nitrogens is 1. The average molecular weight is 391 g/mol. The lowest BCUT2D eigenvalue weighted by Crippen LogP contribution is -2.14. The molecule has 1 heterocycles. The minimum atomic E-state index is -0.162. The van der Waals surface area contributed by atoms with Crippen LogP contribution in [0.4, 0.5) is 5.13 Å². The molecule has 0 unspecified atom stereocenters. The summed E-state index contributed by atoms with van der Waals surface area (Å²) in [6.07, 6.45) is 0.175. The molecule has 3 nitrogen and oxygen atoms in total. The Labute approximate surface area is 160 Å². The lowest BCUT2D eigenvalue weighted by Gasteiger charge is -2.05. The number of nitrogens with one attached hydrogen (secondary N) is 1. The fourth-order valence-electron chi connectivity index (χ4n) is 2.37. The molecule has 1 N–H and O–H groups in total. The SMILES string of the molecule is Cc1ccc(-c2csc(NC(=O)Cc3ccc(Cl)cc3Cl)n2)cc1C. The van der Waals surface area contributed by atoms with Crippen molar-refractivity contribution in [2.75, 3.05) is 5.32 Å². The molecule has 0 aliphatic carbocycles. The second-order valence-corrected chi connectivity index (χ2v) is 7.50. The van der Waals surface area contributed by atoms with Crippen molar-refractivity contribution in [3.63, 3.8) is 0 Å². The van der Waals surface area contributed by atoms with Crippen molar-refractivity contribution in [2.45, 2.75) is 20.3 Å². The molecule has 0 aliphatic rings. The number of anilines is 1. The van der Waals surface area contributed by atoms with E-state index >= 15 is 0 Å². The second kappa shape index (κ2) is 7.56. The number of rotatable bonds is 4. The van der Waals surface area contributed by atoms with E-state index in [0.717, 1.165) is 16.8 Å². The molecule has 0 spiro atoms. The zero-order valence-corrected chi connectivity index (χ0v) is 16.1. The molecule has 0 saturated heterocycles. The van der Waals surface area contributed by atoms with E-state index in [1.165, 1.54) is 22.5 Å². The first-order chi connectivity index (χ1) is 11.9. The Morgan fingerprint density at radius 2 is 1.92 bits per heavy atom. The van der Waals surface area contributed by atoms with Gasteiger partial charge in [0.2, 0.25) is 5.91 Å². The summed E-state index contributed by atoms with van der Waals surface area (Å²) in [6, 6.07) is 11.3. The zero-order chi connectivity index (χ0) is 18.0. The van der Waals surface area contributed by atoms with Gasteiger partial charge in [0.05, 0.1) is 12.1 Å². The third kappa shape index (κ3) is 4.40.